The summed E-state index contributed by atoms with van der Waals surface area (Å²) in [4.78, 5) is 19.6. The number of halogens is 1. The quantitative estimate of drug-likeness (QED) is 0.716. The Labute approximate surface area is 85.9 Å². The van der Waals surface area contributed by atoms with Gasteiger partial charge in [-0.15, -0.1) is 0 Å². The van der Waals surface area contributed by atoms with Crippen LogP contribution in [0.25, 0.3) is 0 Å². The van der Waals surface area contributed by atoms with Gasteiger partial charge in [0.2, 0.25) is 0 Å². The zero-order valence-electron chi connectivity index (χ0n) is 7.53. The maximum Gasteiger partial charge on any atom is 0.271 e. The fraction of sp³-hybridized carbons (Fsp3) is 0.500. The predicted octanol–water partition coefficient (Wildman–Crippen LogP) is -0.182. The Morgan fingerprint density at radius 3 is 3.07 bits per heavy atom. The first-order valence-corrected chi connectivity index (χ1v) is 4.78. The number of hydrogen-bond donors (Lipinski definition) is 2. The molecule has 0 aromatic carbocycles. The molecule has 0 spiro atoms. The first kappa shape index (κ1) is 9.48. The average molecular weight is 215 g/mol. The Kier molecular flexibility index (Phi) is 2.43. The second-order valence-electron chi connectivity index (χ2n) is 3.38. The van der Waals surface area contributed by atoms with Gasteiger partial charge in [-0.1, -0.05) is 11.6 Å². The van der Waals surface area contributed by atoms with Crippen molar-refractivity contribution in [1.29, 1.82) is 0 Å². The van der Waals surface area contributed by atoms with Gasteiger partial charge in [0.25, 0.3) is 5.56 Å². The zero-order valence-corrected chi connectivity index (χ0v) is 8.29. The monoisotopic (exact) mass is 214 g/mol. The summed E-state index contributed by atoms with van der Waals surface area (Å²) in [5.74, 6) is 1.05. The molecule has 1 aromatic rings. The Morgan fingerprint density at radius 1 is 1.71 bits per heavy atom. The summed E-state index contributed by atoms with van der Waals surface area (Å²) in [5.41, 5.74) is 5.20. The van der Waals surface area contributed by atoms with E-state index in [1.54, 1.807) is 0 Å². The van der Waals surface area contributed by atoms with Crippen molar-refractivity contribution in [3.63, 3.8) is 0 Å². The summed E-state index contributed by atoms with van der Waals surface area (Å²) >= 11 is 5.81. The van der Waals surface area contributed by atoms with E-state index in [9.17, 15) is 4.79 Å². The molecule has 1 aliphatic rings. The van der Waals surface area contributed by atoms with Gasteiger partial charge in [0, 0.05) is 19.0 Å². The second-order valence-corrected chi connectivity index (χ2v) is 3.75. The maximum atomic E-state index is 11.2. The molecule has 14 heavy (non-hydrogen) atoms. The van der Waals surface area contributed by atoms with Crippen LogP contribution in [-0.2, 0) is 0 Å². The summed E-state index contributed by atoms with van der Waals surface area (Å²) in [6, 6.07) is 0. The highest BCUT2D eigenvalue weighted by atomic mass is 35.5. The fourth-order valence-corrected chi connectivity index (χ4v) is 1.71. The molecule has 2 heterocycles. The molecule has 1 saturated heterocycles. The SMILES string of the molecule is NCC1CN(c2nc[nH]c(=O)c2Cl)C1. The van der Waals surface area contributed by atoms with E-state index in [2.05, 4.69) is 9.97 Å². The highest BCUT2D eigenvalue weighted by Crippen LogP contribution is 2.25. The molecule has 0 radical (unpaired) electrons. The molecule has 2 rings (SSSR count). The van der Waals surface area contributed by atoms with Crippen LogP contribution in [0.3, 0.4) is 0 Å². The number of rotatable bonds is 2. The van der Waals surface area contributed by atoms with Gasteiger partial charge >= 0.3 is 0 Å². The first-order valence-electron chi connectivity index (χ1n) is 4.40. The molecule has 5 nitrogen and oxygen atoms in total. The molecule has 0 atom stereocenters. The Bertz CT molecular complexity index is 385. The molecule has 0 saturated carbocycles. The van der Waals surface area contributed by atoms with Gasteiger partial charge in [0.1, 0.15) is 5.02 Å². The summed E-state index contributed by atoms with van der Waals surface area (Å²) in [6.07, 6.45) is 1.36. The standard InChI is InChI=1S/C8H11ClN4O/c9-6-7(11-4-12-8(6)14)13-2-5(1-10)3-13/h4-5H,1-3,10H2,(H,11,12,14). The van der Waals surface area contributed by atoms with Crippen LogP contribution in [0.2, 0.25) is 5.02 Å². The van der Waals surface area contributed by atoms with E-state index < -0.39 is 0 Å². The Morgan fingerprint density at radius 2 is 2.43 bits per heavy atom. The van der Waals surface area contributed by atoms with Gasteiger partial charge in [0.05, 0.1) is 6.33 Å². The lowest BCUT2D eigenvalue weighted by Crippen LogP contribution is -2.50. The van der Waals surface area contributed by atoms with Crippen molar-refractivity contribution < 1.29 is 0 Å². The lowest BCUT2D eigenvalue weighted by Gasteiger charge is -2.39. The van der Waals surface area contributed by atoms with Crippen molar-refractivity contribution in [2.45, 2.75) is 0 Å². The largest absolute Gasteiger partial charge is 0.354 e. The van der Waals surface area contributed by atoms with Gasteiger partial charge in [-0.3, -0.25) is 4.79 Å². The van der Waals surface area contributed by atoms with Crippen LogP contribution in [0.1, 0.15) is 0 Å². The molecule has 1 aromatic heterocycles. The molecule has 1 aliphatic heterocycles. The Balaban J connectivity index is 2.19. The topological polar surface area (TPSA) is 75.0 Å². The first-order chi connectivity index (χ1) is 6.72. The van der Waals surface area contributed by atoms with Crippen molar-refractivity contribution >= 4 is 17.4 Å². The fourth-order valence-electron chi connectivity index (χ4n) is 1.49. The van der Waals surface area contributed by atoms with Crippen molar-refractivity contribution in [3.8, 4) is 0 Å². The van der Waals surface area contributed by atoms with Crippen LogP contribution in [0.5, 0.6) is 0 Å². The van der Waals surface area contributed by atoms with E-state index >= 15 is 0 Å². The number of nitrogens with two attached hydrogens (primary N) is 1. The number of anilines is 1. The molecule has 0 aliphatic carbocycles. The molecule has 6 heteroatoms. The second kappa shape index (κ2) is 3.59. The van der Waals surface area contributed by atoms with Crippen LogP contribution in [0.4, 0.5) is 5.82 Å². The molecule has 76 valence electrons. The van der Waals surface area contributed by atoms with Gasteiger partial charge in [-0.2, -0.15) is 0 Å². The number of H-pyrrole nitrogens is 1. The van der Waals surface area contributed by atoms with Crippen LogP contribution in [-0.4, -0.2) is 29.6 Å². The molecule has 1 fully saturated rings. The van der Waals surface area contributed by atoms with Gasteiger partial charge < -0.3 is 15.6 Å². The molecule has 0 unspecified atom stereocenters. The molecular weight excluding hydrogens is 204 g/mol. The van der Waals surface area contributed by atoms with Crippen molar-refractivity contribution in [2.75, 3.05) is 24.5 Å². The third kappa shape index (κ3) is 1.49. The van der Waals surface area contributed by atoms with Crippen LogP contribution >= 0.6 is 11.6 Å². The van der Waals surface area contributed by atoms with E-state index in [1.165, 1.54) is 6.33 Å². The van der Waals surface area contributed by atoms with E-state index in [0.29, 0.717) is 18.3 Å². The van der Waals surface area contributed by atoms with E-state index in [-0.39, 0.29) is 10.6 Å². The van der Waals surface area contributed by atoms with Gasteiger partial charge in [-0.25, -0.2) is 4.98 Å². The van der Waals surface area contributed by atoms with Gasteiger partial charge in [0.15, 0.2) is 5.82 Å². The molecule has 0 bridgehead atoms. The van der Waals surface area contributed by atoms with E-state index in [0.717, 1.165) is 13.1 Å². The van der Waals surface area contributed by atoms with E-state index in [4.69, 9.17) is 17.3 Å². The predicted molar refractivity (Wildman–Crippen MR) is 54.6 cm³/mol. The number of hydrogen-bond acceptors (Lipinski definition) is 4. The highest BCUT2D eigenvalue weighted by molar-refractivity contribution is 6.32. The van der Waals surface area contributed by atoms with Crippen LogP contribution in [0, 0.1) is 5.92 Å². The third-order valence-electron chi connectivity index (χ3n) is 2.37. The molecular formula is C8H11ClN4O. The minimum atomic E-state index is -0.298. The number of aromatic amines is 1. The third-order valence-corrected chi connectivity index (χ3v) is 2.71. The summed E-state index contributed by atoms with van der Waals surface area (Å²) in [7, 11) is 0. The van der Waals surface area contributed by atoms with E-state index in [1.807, 2.05) is 4.90 Å². The summed E-state index contributed by atoms with van der Waals surface area (Å²) in [6.45, 7) is 2.32. The smallest absolute Gasteiger partial charge is 0.271 e. The van der Waals surface area contributed by atoms with Crippen LogP contribution in [0.15, 0.2) is 11.1 Å². The normalized spacial score (nSPS) is 16.9. The zero-order chi connectivity index (χ0) is 10.1. The Hall–Kier alpha value is -1.07. The maximum absolute atomic E-state index is 11.2. The summed E-state index contributed by atoms with van der Waals surface area (Å²) in [5, 5.41) is 0.156. The highest BCUT2D eigenvalue weighted by Gasteiger charge is 2.28. The average Bonchev–Trinajstić information content (AvgIpc) is 2.10. The minimum absolute atomic E-state index is 0.156. The number of nitrogens with one attached hydrogen (secondary N) is 1. The van der Waals surface area contributed by atoms with Crippen LogP contribution < -0.4 is 16.2 Å². The molecule has 3 N–H and O–H groups in total. The lowest BCUT2D eigenvalue weighted by molar-refractivity contribution is 0.417. The number of nitrogens with zero attached hydrogens (tertiary/aromatic N) is 2. The van der Waals surface area contributed by atoms with Gasteiger partial charge in [-0.05, 0) is 6.54 Å². The molecule has 0 amide bonds. The van der Waals surface area contributed by atoms with Crippen molar-refractivity contribution in [3.05, 3.63) is 21.7 Å². The van der Waals surface area contributed by atoms with Crippen molar-refractivity contribution in [2.24, 2.45) is 11.7 Å². The summed E-state index contributed by atoms with van der Waals surface area (Å²) < 4.78 is 0. The number of aromatic nitrogens is 2. The lowest BCUT2D eigenvalue weighted by atomic mass is 10.0. The minimum Gasteiger partial charge on any atom is -0.354 e. The van der Waals surface area contributed by atoms with Crippen molar-refractivity contribution in [1.82, 2.24) is 9.97 Å².